The fourth-order valence-electron chi connectivity index (χ4n) is 2.28. The van der Waals surface area contributed by atoms with E-state index < -0.39 is 18.0 Å². The van der Waals surface area contributed by atoms with Crippen LogP contribution in [-0.4, -0.2) is 53.7 Å². The van der Waals surface area contributed by atoms with Gasteiger partial charge in [0.15, 0.2) is 0 Å². The first-order chi connectivity index (χ1) is 9.52. The van der Waals surface area contributed by atoms with Gasteiger partial charge in [-0.15, -0.1) is 0 Å². The molecule has 0 unspecified atom stereocenters. The Labute approximate surface area is 121 Å². The first-order valence-electron chi connectivity index (χ1n) is 6.20. The van der Waals surface area contributed by atoms with Crippen LogP contribution in [-0.2, 0) is 19.1 Å². The Hall–Kier alpha value is -1.31. The lowest BCUT2D eigenvalue weighted by Crippen LogP contribution is -2.60. The maximum absolute atomic E-state index is 12.1. The molecule has 2 aliphatic heterocycles. The lowest BCUT2D eigenvalue weighted by atomic mass is 9.92. The van der Waals surface area contributed by atoms with Gasteiger partial charge < -0.3 is 14.6 Å². The number of ether oxygens (including phenoxy) is 2. The van der Waals surface area contributed by atoms with E-state index in [1.807, 2.05) is 0 Å². The van der Waals surface area contributed by atoms with Gasteiger partial charge in [0.2, 0.25) is 5.91 Å². The zero-order valence-corrected chi connectivity index (χ0v) is 12.2. The van der Waals surface area contributed by atoms with Crippen molar-refractivity contribution >= 4 is 23.6 Å². The quantitative estimate of drug-likeness (QED) is 0.437. The van der Waals surface area contributed by atoms with Crippen molar-refractivity contribution in [3.8, 4) is 0 Å². The number of carbonyl (C=O) groups is 2. The van der Waals surface area contributed by atoms with Crippen LogP contribution >= 0.6 is 11.8 Å². The second kappa shape index (κ2) is 5.99. The van der Waals surface area contributed by atoms with E-state index in [9.17, 15) is 14.7 Å². The zero-order valence-electron chi connectivity index (χ0n) is 11.4. The largest absolute Gasteiger partial charge is 0.457 e. The smallest absolute Gasteiger partial charge is 0.356 e. The van der Waals surface area contributed by atoms with Crippen molar-refractivity contribution in [3.63, 3.8) is 0 Å². The molecule has 1 fully saturated rings. The van der Waals surface area contributed by atoms with Crippen molar-refractivity contribution in [1.29, 1.82) is 0 Å². The molecule has 0 aliphatic carbocycles. The highest BCUT2D eigenvalue weighted by Crippen LogP contribution is 2.50. The summed E-state index contributed by atoms with van der Waals surface area (Å²) in [6.07, 6.45) is 0.716. The predicted molar refractivity (Wildman–Crippen MR) is 73.5 cm³/mol. The number of rotatable bonds is 6. The Balaban J connectivity index is 2.21. The predicted octanol–water partition coefficient (Wildman–Crippen LogP) is 0.486. The summed E-state index contributed by atoms with van der Waals surface area (Å²) in [6, 6.07) is 0. The summed E-state index contributed by atoms with van der Waals surface area (Å²) in [5, 5.41) is 9.38. The molecule has 2 heterocycles. The van der Waals surface area contributed by atoms with E-state index in [0.717, 1.165) is 0 Å². The molecule has 1 saturated heterocycles. The first kappa shape index (κ1) is 15.1. The number of carbonyl (C=O) groups excluding carboxylic acids is 2. The molecule has 3 atom stereocenters. The number of amides is 1. The summed E-state index contributed by atoms with van der Waals surface area (Å²) < 4.78 is 10.1. The van der Waals surface area contributed by atoms with Crippen molar-refractivity contribution in [1.82, 2.24) is 4.90 Å². The highest BCUT2D eigenvalue weighted by atomic mass is 32.2. The van der Waals surface area contributed by atoms with Crippen molar-refractivity contribution < 1.29 is 24.2 Å². The fraction of sp³-hybridized carbons (Fsp3) is 0.538. The standard InChI is InChI=1S/C13H17NO5S/c1-4-5-19-13(17)10-8(6-18-3)20-12-9(7(2)15)11(16)14(10)12/h4,7,9,12,15H,1,5-6H2,2-3H3/t7-,9+,12-/m0/s1. The lowest BCUT2D eigenvalue weighted by Gasteiger charge is -2.43. The van der Waals surface area contributed by atoms with Gasteiger partial charge in [-0.25, -0.2) is 4.79 Å². The Morgan fingerprint density at radius 1 is 1.65 bits per heavy atom. The third-order valence-electron chi connectivity index (χ3n) is 3.17. The molecule has 1 amide bonds. The monoisotopic (exact) mass is 299 g/mol. The fourth-order valence-corrected chi connectivity index (χ4v) is 3.85. The average Bonchev–Trinajstić information content (AvgIpc) is 2.70. The zero-order chi connectivity index (χ0) is 14.9. The number of nitrogens with zero attached hydrogens (tertiary/aromatic N) is 1. The highest BCUT2D eigenvalue weighted by Gasteiger charge is 2.57. The Kier molecular flexibility index (Phi) is 4.52. The molecule has 0 spiro atoms. The molecule has 0 aromatic carbocycles. The number of aliphatic hydroxyl groups excluding tert-OH is 1. The van der Waals surface area contributed by atoms with E-state index in [-0.39, 0.29) is 30.2 Å². The van der Waals surface area contributed by atoms with E-state index in [0.29, 0.717) is 4.91 Å². The van der Waals surface area contributed by atoms with E-state index in [4.69, 9.17) is 9.47 Å². The van der Waals surface area contributed by atoms with Gasteiger partial charge in [0.1, 0.15) is 17.7 Å². The summed E-state index contributed by atoms with van der Waals surface area (Å²) >= 11 is 1.37. The molecule has 110 valence electrons. The number of methoxy groups -OCH3 is 1. The van der Waals surface area contributed by atoms with Gasteiger partial charge in [0, 0.05) is 12.0 Å². The molecule has 0 saturated carbocycles. The maximum Gasteiger partial charge on any atom is 0.356 e. The molecule has 6 nitrogen and oxygen atoms in total. The molecular formula is C13H17NO5S. The topological polar surface area (TPSA) is 76.1 Å². The van der Waals surface area contributed by atoms with Crippen LogP contribution in [0.5, 0.6) is 0 Å². The second-order valence-electron chi connectivity index (χ2n) is 4.57. The molecule has 0 aromatic rings. The highest BCUT2D eigenvalue weighted by molar-refractivity contribution is 8.04. The van der Waals surface area contributed by atoms with Gasteiger partial charge in [0.25, 0.3) is 0 Å². The van der Waals surface area contributed by atoms with E-state index >= 15 is 0 Å². The van der Waals surface area contributed by atoms with Gasteiger partial charge in [0.05, 0.1) is 18.6 Å². The molecule has 0 bridgehead atoms. The van der Waals surface area contributed by atoms with Crippen molar-refractivity contribution in [2.45, 2.75) is 18.4 Å². The van der Waals surface area contributed by atoms with Gasteiger partial charge in [-0.05, 0) is 6.92 Å². The summed E-state index contributed by atoms with van der Waals surface area (Å²) in [7, 11) is 1.52. The van der Waals surface area contributed by atoms with Crippen LogP contribution in [0.4, 0.5) is 0 Å². The minimum Gasteiger partial charge on any atom is -0.457 e. The van der Waals surface area contributed by atoms with Gasteiger partial charge in [-0.1, -0.05) is 24.4 Å². The summed E-state index contributed by atoms with van der Waals surface area (Å²) in [6.45, 7) is 5.37. The summed E-state index contributed by atoms with van der Waals surface area (Å²) in [5.41, 5.74) is 0.227. The third kappa shape index (κ3) is 2.36. The van der Waals surface area contributed by atoms with Crippen LogP contribution in [0.1, 0.15) is 6.92 Å². The van der Waals surface area contributed by atoms with Gasteiger partial charge in [-0.3, -0.25) is 9.69 Å². The number of β-lactam (4-membered cyclic amide) rings is 1. The van der Waals surface area contributed by atoms with Gasteiger partial charge >= 0.3 is 5.97 Å². The number of thioether (sulfide) groups is 1. The normalized spacial score (nSPS) is 26.1. The molecule has 1 N–H and O–H groups in total. The van der Waals surface area contributed by atoms with Crippen molar-refractivity contribution in [3.05, 3.63) is 23.3 Å². The summed E-state index contributed by atoms with van der Waals surface area (Å²) in [5.74, 6) is -1.31. The first-order valence-corrected chi connectivity index (χ1v) is 7.08. The number of fused-ring (bicyclic) bond motifs is 1. The van der Waals surface area contributed by atoms with Crippen LogP contribution in [0, 0.1) is 5.92 Å². The maximum atomic E-state index is 12.1. The summed E-state index contributed by atoms with van der Waals surface area (Å²) in [4.78, 5) is 26.2. The Morgan fingerprint density at radius 3 is 2.90 bits per heavy atom. The minimum absolute atomic E-state index is 0.0831. The van der Waals surface area contributed by atoms with Crippen LogP contribution in [0.3, 0.4) is 0 Å². The number of esters is 1. The van der Waals surface area contributed by atoms with E-state index in [2.05, 4.69) is 6.58 Å². The number of hydrogen-bond donors (Lipinski definition) is 1. The lowest BCUT2D eigenvalue weighted by molar-refractivity contribution is -0.158. The van der Waals surface area contributed by atoms with Crippen LogP contribution < -0.4 is 0 Å². The van der Waals surface area contributed by atoms with E-state index in [1.54, 1.807) is 6.92 Å². The third-order valence-corrected chi connectivity index (χ3v) is 4.51. The second-order valence-corrected chi connectivity index (χ2v) is 5.79. The average molecular weight is 299 g/mol. The number of hydrogen-bond acceptors (Lipinski definition) is 6. The van der Waals surface area contributed by atoms with Crippen molar-refractivity contribution in [2.75, 3.05) is 20.3 Å². The van der Waals surface area contributed by atoms with Gasteiger partial charge in [-0.2, -0.15) is 0 Å². The van der Waals surface area contributed by atoms with Crippen molar-refractivity contribution in [2.24, 2.45) is 5.92 Å². The van der Waals surface area contributed by atoms with E-state index in [1.165, 1.54) is 29.8 Å². The van der Waals surface area contributed by atoms with Crippen LogP contribution in [0.2, 0.25) is 0 Å². The van der Waals surface area contributed by atoms with Crippen LogP contribution in [0.15, 0.2) is 23.3 Å². The Bertz CT molecular complexity index is 473. The molecule has 2 aliphatic rings. The molecule has 20 heavy (non-hydrogen) atoms. The number of aliphatic hydroxyl groups is 1. The Morgan fingerprint density at radius 2 is 2.35 bits per heavy atom. The SMILES string of the molecule is C=CCOC(=O)C1=C(COC)S[C@H]2[C@H]([C@H](C)O)C(=O)N12. The molecule has 2 rings (SSSR count). The molecule has 7 heteroatoms. The molecular weight excluding hydrogens is 282 g/mol. The van der Waals surface area contributed by atoms with Crippen LogP contribution in [0.25, 0.3) is 0 Å². The molecule has 0 aromatic heterocycles. The molecule has 0 radical (unpaired) electrons. The minimum atomic E-state index is -0.747.